The lowest BCUT2D eigenvalue weighted by Crippen LogP contribution is -2.31. The average Bonchev–Trinajstić information content (AvgIpc) is 2.22. The molecule has 3 nitrogen and oxygen atoms in total. The lowest BCUT2D eigenvalue weighted by atomic mass is 10.1. The van der Waals surface area contributed by atoms with Gasteiger partial charge in [-0.15, -0.1) is 0 Å². The fraction of sp³-hybridized carbons (Fsp3) is 0.364. The van der Waals surface area contributed by atoms with Crippen molar-refractivity contribution in [2.24, 2.45) is 0 Å². The number of carbonyl (C=O) groups is 1. The quantitative estimate of drug-likeness (QED) is 0.698. The smallest absolute Gasteiger partial charge is 0.411 e. The Bertz CT molecular complexity index is 264. The Kier molecular flexibility index (Phi) is 6.20. The fourth-order valence-corrected chi connectivity index (χ4v) is 0.953. The molecule has 1 amide bonds. The third-order valence-corrected chi connectivity index (χ3v) is 1.57. The maximum Gasteiger partial charge on any atom is 0.411 e. The molecule has 1 fully saturated rings. The fourth-order valence-electron chi connectivity index (χ4n) is 0.953. The molecule has 3 heteroatoms. The van der Waals surface area contributed by atoms with Crippen LogP contribution in [-0.4, -0.2) is 12.7 Å². The molecule has 0 saturated carbocycles. The van der Waals surface area contributed by atoms with Crippen molar-refractivity contribution in [2.75, 3.05) is 6.61 Å². The molecule has 0 radical (unpaired) electrons. The van der Waals surface area contributed by atoms with E-state index in [0.29, 0.717) is 6.61 Å². The summed E-state index contributed by atoms with van der Waals surface area (Å²) in [6.45, 7) is 9.78. The van der Waals surface area contributed by atoms with Crippen LogP contribution in [-0.2, 0) is 4.74 Å². The molecular weight excluding hydrogens is 178 g/mol. The van der Waals surface area contributed by atoms with Gasteiger partial charge in [-0.25, -0.2) is 4.79 Å². The minimum atomic E-state index is -0.409. The molecule has 0 aliphatic carbocycles. The van der Waals surface area contributed by atoms with Crippen LogP contribution in [0.1, 0.15) is 20.8 Å². The Morgan fingerprint density at radius 2 is 2.14 bits per heavy atom. The van der Waals surface area contributed by atoms with Crippen molar-refractivity contribution in [1.82, 2.24) is 5.32 Å². The first-order valence-corrected chi connectivity index (χ1v) is 4.70. The minimum Gasteiger partial charge on any atom is -0.444 e. The SMILES string of the molecule is C=C/C=C1/NC(=O)OC/C1=C/C.CC. The second-order valence-electron chi connectivity index (χ2n) is 2.33. The van der Waals surface area contributed by atoms with E-state index < -0.39 is 6.09 Å². The molecule has 0 aromatic carbocycles. The number of carbonyl (C=O) groups excluding carboxylic acids is 1. The Morgan fingerprint density at radius 1 is 1.50 bits per heavy atom. The third-order valence-electron chi connectivity index (χ3n) is 1.57. The zero-order valence-corrected chi connectivity index (χ0v) is 8.96. The van der Waals surface area contributed by atoms with Crippen LogP contribution >= 0.6 is 0 Å². The number of allylic oxidation sites excluding steroid dienone is 3. The number of cyclic esters (lactones) is 1. The lowest BCUT2D eigenvalue weighted by Gasteiger charge is -2.18. The van der Waals surface area contributed by atoms with Gasteiger partial charge in [0.2, 0.25) is 0 Å². The summed E-state index contributed by atoms with van der Waals surface area (Å²) in [5.41, 5.74) is 1.73. The summed E-state index contributed by atoms with van der Waals surface area (Å²) in [5.74, 6) is 0. The van der Waals surface area contributed by atoms with Crippen LogP contribution in [0.2, 0.25) is 0 Å². The third kappa shape index (κ3) is 3.47. The molecule has 0 unspecified atom stereocenters. The zero-order valence-electron chi connectivity index (χ0n) is 8.96. The molecule has 1 saturated heterocycles. The van der Waals surface area contributed by atoms with Gasteiger partial charge >= 0.3 is 6.09 Å². The molecule has 1 aliphatic heterocycles. The molecule has 1 N–H and O–H groups in total. The number of rotatable bonds is 1. The largest absolute Gasteiger partial charge is 0.444 e. The Labute approximate surface area is 85.1 Å². The van der Waals surface area contributed by atoms with Crippen LogP contribution in [0.25, 0.3) is 0 Å². The van der Waals surface area contributed by atoms with E-state index in [9.17, 15) is 4.79 Å². The van der Waals surface area contributed by atoms with Crippen molar-refractivity contribution in [3.05, 3.63) is 36.1 Å². The highest BCUT2D eigenvalue weighted by molar-refractivity contribution is 5.73. The van der Waals surface area contributed by atoms with E-state index in [4.69, 9.17) is 4.74 Å². The molecule has 1 aliphatic rings. The van der Waals surface area contributed by atoms with Crippen LogP contribution < -0.4 is 5.32 Å². The first-order chi connectivity index (χ1) is 6.77. The van der Waals surface area contributed by atoms with Gasteiger partial charge in [-0.3, -0.25) is 5.32 Å². The summed E-state index contributed by atoms with van der Waals surface area (Å²) in [5, 5.41) is 2.58. The lowest BCUT2D eigenvalue weighted by molar-refractivity contribution is 0.152. The summed E-state index contributed by atoms with van der Waals surface area (Å²) < 4.78 is 4.76. The van der Waals surface area contributed by atoms with Crippen molar-refractivity contribution in [3.63, 3.8) is 0 Å². The number of ether oxygens (including phenoxy) is 1. The van der Waals surface area contributed by atoms with E-state index in [-0.39, 0.29) is 0 Å². The van der Waals surface area contributed by atoms with E-state index in [1.165, 1.54) is 0 Å². The molecule has 0 aromatic heterocycles. The van der Waals surface area contributed by atoms with Gasteiger partial charge in [-0.05, 0) is 13.0 Å². The monoisotopic (exact) mass is 195 g/mol. The maximum atomic E-state index is 10.8. The Hall–Kier alpha value is -1.51. The van der Waals surface area contributed by atoms with E-state index in [2.05, 4.69) is 11.9 Å². The molecule has 0 atom stereocenters. The van der Waals surface area contributed by atoms with Gasteiger partial charge in [0.05, 0.1) is 5.70 Å². The van der Waals surface area contributed by atoms with Crippen molar-refractivity contribution >= 4 is 6.09 Å². The molecule has 0 spiro atoms. The van der Waals surface area contributed by atoms with E-state index in [1.807, 2.05) is 26.8 Å². The van der Waals surface area contributed by atoms with Gasteiger partial charge in [0, 0.05) is 5.57 Å². The zero-order chi connectivity index (χ0) is 11.0. The molecule has 78 valence electrons. The van der Waals surface area contributed by atoms with Gasteiger partial charge < -0.3 is 4.74 Å². The number of amides is 1. The number of hydrogen-bond acceptors (Lipinski definition) is 2. The van der Waals surface area contributed by atoms with E-state index >= 15 is 0 Å². The summed E-state index contributed by atoms with van der Waals surface area (Å²) in [6, 6.07) is 0. The average molecular weight is 195 g/mol. The predicted molar refractivity (Wildman–Crippen MR) is 57.9 cm³/mol. The molecule has 1 heterocycles. The number of hydrogen-bond donors (Lipinski definition) is 1. The summed E-state index contributed by atoms with van der Waals surface area (Å²) in [4.78, 5) is 10.8. The van der Waals surface area contributed by atoms with Crippen LogP contribution in [0, 0.1) is 0 Å². The molecule has 0 aromatic rings. The number of alkyl carbamates (subject to hydrolysis) is 1. The van der Waals surface area contributed by atoms with Crippen molar-refractivity contribution < 1.29 is 9.53 Å². The summed E-state index contributed by atoms with van der Waals surface area (Å²) >= 11 is 0. The van der Waals surface area contributed by atoms with Crippen molar-refractivity contribution in [2.45, 2.75) is 20.8 Å². The van der Waals surface area contributed by atoms with Crippen molar-refractivity contribution in [3.8, 4) is 0 Å². The first-order valence-electron chi connectivity index (χ1n) is 4.70. The molecule has 1 rings (SSSR count). The van der Waals surface area contributed by atoms with E-state index in [0.717, 1.165) is 11.3 Å². The van der Waals surface area contributed by atoms with Crippen LogP contribution in [0.15, 0.2) is 36.1 Å². The molecular formula is C11H17NO2. The van der Waals surface area contributed by atoms with Gasteiger partial charge in [-0.1, -0.05) is 32.6 Å². The Morgan fingerprint density at radius 3 is 2.64 bits per heavy atom. The standard InChI is InChI=1S/C9H11NO2.C2H6/c1-3-5-8-7(4-2)6-12-9(11)10-8;1-2/h3-5H,1,6H2,2H3,(H,10,11);1-2H3/b7-4-,8-5+;. The van der Waals surface area contributed by atoms with Crippen LogP contribution in [0.5, 0.6) is 0 Å². The Balaban J connectivity index is 0.000000791. The highest BCUT2D eigenvalue weighted by Crippen LogP contribution is 2.12. The van der Waals surface area contributed by atoms with E-state index in [1.54, 1.807) is 12.2 Å². The highest BCUT2D eigenvalue weighted by Gasteiger charge is 2.16. The topological polar surface area (TPSA) is 38.3 Å². The van der Waals surface area contributed by atoms with Crippen molar-refractivity contribution in [1.29, 1.82) is 0 Å². The van der Waals surface area contributed by atoms with Crippen LogP contribution in [0.4, 0.5) is 4.79 Å². The van der Waals surface area contributed by atoms with Gasteiger partial charge in [-0.2, -0.15) is 0 Å². The maximum absolute atomic E-state index is 10.8. The van der Waals surface area contributed by atoms with Gasteiger partial charge in [0.25, 0.3) is 0 Å². The normalized spacial score (nSPS) is 20.6. The van der Waals surface area contributed by atoms with Gasteiger partial charge in [0.1, 0.15) is 6.61 Å². The second-order valence-corrected chi connectivity index (χ2v) is 2.33. The molecule has 0 bridgehead atoms. The van der Waals surface area contributed by atoms with Crippen LogP contribution in [0.3, 0.4) is 0 Å². The summed E-state index contributed by atoms with van der Waals surface area (Å²) in [7, 11) is 0. The highest BCUT2D eigenvalue weighted by atomic mass is 16.5. The second kappa shape index (κ2) is 6.95. The number of nitrogens with one attached hydrogen (secondary N) is 1. The summed E-state index contributed by atoms with van der Waals surface area (Å²) in [6.07, 6.45) is 4.86. The first kappa shape index (κ1) is 12.5. The minimum absolute atomic E-state index is 0.335. The van der Waals surface area contributed by atoms with Gasteiger partial charge in [0.15, 0.2) is 0 Å². The molecule has 14 heavy (non-hydrogen) atoms. The predicted octanol–water partition coefficient (Wildman–Crippen LogP) is 2.77.